The van der Waals surface area contributed by atoms with Crippen LogP contribution in [0.15, 0.2) is 0 Å². The number of nitrogens with two attached hydrogens (primary N) is 1. The first-order valence-corrected chi connectivity index (χ1v) is 4.76. The van der Waals surface area contributed by atoms with Crippen molar-refractivity contribution < 1.29 is 14.6 Å². The van der Waals surface area contributed by atoms with Gasteiger partial charge in [0.05, 0.1) is 13.7 Å². The van der Waals surface area contributed by atoms with Gasteiger partial charge in [0.2, 0.25) is 17.8 Å². The zero-order chi connectivity index (χ0) is 12.8. The summed E-state index contributed by atoms with van der Waals surface area (Å²) in [4.78, 5) is 22.3. The van der Waals surface area contributed by atoms with Gasteiger partial charge in [0, 0.05) is 7.05 Å². The standard InChI is InChI=1S/C8H14N6O3/c1-10-6-12-7(14-8(13-6)17-2)11-3-4(15)5(9)16/h4,15H,3H2,1-2H3,(H2,9,16)(H2,10,11,12,13,14). The number of hydrogen-bond acceptors (Lipinski definition) is 8. The summed E-state index contributed by atoms with van der Waals surface area (Å²) in [6.45, 7) is -0.0916. The van der Waals surface area contributed by atoms with Crippen molar-refractivity contribution in [3.8, 4) is 6.01 Å². The second-order valence-corrected chi connectivity index (χ2v) is 3.02. The van der Waals surface area contributed by atoms with Gasteiger partial charge in [0.1, 0.15) is 6.10 Å². The normalized spacial score (nSPS) is 11.7. The molecule has 1 atom stereocenters. The van der Waals surface area contributed by atoms with Gasteiger partial charge in [-0.1, -0.05) is 0 Å². The summed E-state index contributed by atoms with van der Waals surface area (Å²) in [5.41, 5.74) is 4.89. The van der Waals surface area contributed by atoms with Crippen molar-refractivity contribution in [2.24, 2.45) is 5.73 Å². The van der Waals surface area contributed by atoms with E-state index in [2.05, 4.69) is 25.6 Å². The van der Waals surface area contributed by atoms with E-state index in [0.717, 1.165) is 0 Å². The maximum Gasteiger partial charge on any atom is 0.322 e. The third kappa shape index (κ3) is 3.72. The van der Waals surface area contributed by atoms with Gasteiger partial charge in [-0.15, -0.1) is 0 Å². The number of primary amides is 1. The van der Waals surface area contributed by atoms with Crippen molar-refractivity contribution >= 4 is 17.8 Å². The third-order valence-corrected chi connectivity index (χ3v) is 1.80. The fourth-order valence-corrected chi connectivity index (χ4v) is 0.927. The predicted octanol–water partition coefficient (Wildman–Crippen LogP) is -1.82. The Morgan fingerprint density at radius 2 is 2.12 bits per heavy atom. The number of nitrogens with one attached hydrogen (secondary N) is 2. The highest BCUT2D eigenvalue weighted by Crippen LogP contribution is 2.09. The van der Waals surface area contributed by atoms with E-state index in [-0.39, 0.29) is 18.5 Å². The summed E-state index contributed by atoms with van der Waals surface area (Å²) in [7, 11) is 3.05. The summed E-state index contributed by atoms with van der Waals surface area (Å²) in [6.07, 6.45) is -1.31. The number of carbonyl (C=O) groups is 1. The number of hydrogen-bond donors (Lipinski definition) is 4. The molecule has 0 saturated carbocycles. The SMILES string of the molecule is CNc1nc(NCC(O)C(N)=O)nc(OC)n1. The highest BCUT2D eigenvalue weighted by molar-refractivity contribution is 5.79. The highest BCUT2D eigenvalue weighted by atomic mass is 16.5. The molecule has 0 aromatic carbocycles. The number of anilines is 2. The van der Waals surface area contributed by atoms with E-state index in [1.165, 1.54) is 7.11 Å². The molecule has 0 radical (unpaired) electrons. The van der Waals surface area contributed by atoms with Crippen LogP contribution in [0.1, 0.15) is 0 Å². The van der Waals surface area contributed by atoms with Gasteiger partial charge in [0.25, 0.3) is 0 Å². The Hall–Kier alpha value is -2.16. The average molecular weight is 242 g/mol. The molecule has 9 heteroatoms. The molecule has 5 N–H and O–H groups in total. The summed E-state index contributed by atoms with van der Waals surface area (Å²) >= 11 is 0. The number of carbonyl (C=O) groups excluding carboxylic acids is 1. The Morgan fingerprint density at radius 3 is 2.65 bits per heavy atom. The van der Waals surface area contributed by atoms with Crippen molar-refractivity contribution in [2.45, 2.75) is 6.10 Å². The minimum atomic E-state index is -1.31. The lowest BCUT2D eigenvalue weighted by Crippen LogP contribution is -2.34. The Labute approximate surface area is 97.4 Å². The molecule has 1 aromatic heterocycles. The topological polar surface area (TPSA) is 135 Å². The summed E-state index contributed by atoms with van der Waals surface area (Å²) < 4.78 is 4.86. The molecule has 9 nitrogen and oxygen atoms in total. The van der Waals surface area contributed by atoms with Crippen LogP contribution >= 0.6 is 0 Å². The van der Waals surface area contributed by atoms with Gasteiger partial charge < -0.3 is 26.2 Å². The number of aliphatic hydroxyl groups is 1. The number of methoxy groups -OCH3 is 1. The largest absolute Gasteiger partial charge is 0.467 e. The molecular formula is C8H14N6O3. The summed E-state index contributed by atoms with van der Waals surface area (Å²) in [5, 5.41) is 14.5. The van der Waals surface area contributed by atoms with E-state index < -0.39 is 12.0 Å². The number of ether oxygens (including phenoxy) is 1. The van der Waals surface area contributed by atoms with Crippen molar-refractivity contribution in [1.29, 1.82) is 0 Å². The van der Waals surface area contributed by atoms with Crippen LogP contribution in [-0.4, -0.2) is 52.8 Å². The van der Waals surface area contributed by atoms with Gasteiger partial charge in [-0.05, 0) is 0 Å². The molecule has 1 heterocycles. The molecule has 1 rings (SSSR count). The molecule has 0 fully saturated rings. The second-order valence-electron chi connectivity index (χ2n) is 3.02. The van der Waals surface area contributed by atoms with E-state index in [1.807, 2.05) is 0 Å². The van der Waals surface area contributed by atoms with E-state index >= 15 is 0 Å². The van der Waals surface area contributed by atoms with Gasteiger partial charge in [-0.3, -0.25) is 4.79 Å². The van der Waals surface area contributed by atoms with E-state index in [0.29, 0.717) is 5.95 Å². The Kier molecular flexibility index (Phi) is 4.40. The average Bonchev–Trinajstić information content (AvgIpc) is 2.35. The van der Waals surface area contributed by atoms with Gasteiger partial charge in [-0.2, -0.15) is 15.0 Å². The van der Waals surface area contributed by atoms with Crippen LogP contribution in [0.4, 0.5) is 11.9 Å². The van der Waals surface area contributed by atoms with Crippen molar-refractivity contribution in [1.82, 2.24) is 15.0 Å². The van der Waals surface area contributed by atoms with Crippen LogP contribution in [0.5, 0.6) is 6.01 Å². The van der Waals surface area contributed by atoms with Crippen LogP contribution in [0, 0.1) is 0 Å². The van der Waals surface area contributed by atoms with E-state index in [4.69, 9.17) is 10.5 Å². The molecule has 0 aliphatic rings. The molecule has 1 amide bonds. The molecule has 1 unspecified atom stereocenters. The lowest BCUT2D eigenvalue weighted by atomic mass is 10.3. The van der Waals surface area contributed by atoms with E-state index in [9.17, 15) is 9.90 Å². The molecule has 0 saturated heterocycles. The van der Waals surface area contributed by atoms with Gasteiger partial charge in [0.15, 0.2) is 0 Å². The molecule has 17 heavy (non-hydrogen) atoms. The van der Waals surface area contributed by atoms with Gasteiger partial charge in [-0.25, -0.2) is 0 Å². The van der Waals surface area contributed by atoms with Crippen LogP contribution in [0.25, 0.3) is 0 Å². The molecule has 0 spiro atoms. The maximum absolute atomic E-state index is 10.6. The van der Waals surface area contributed by atoms with Crippen LogP contribution < -0.4 is 21.1 Å². The minimum Gasteiger partial charge on any atom is -0.467 e. The first kappa shape index (κ1) is 12.9. The number of amides is 1. The minimum absolute atomic E-state index is 0.0916. The molecule has 0 bridgehead atoms. The molecule has 0 aliphatic heterocycles. The number of rotatable bonds is 6. The fraction of sp³-hybridized carbons (Fsp3) is 0.500. The molecule has 1 aromatic rings. The van der Waals surface area contributed by atoms with E-state index in [1.54, 1.807) is 7.05 Å². The zero-order valence-corrected chi connectivity index (χ0v) is 9.47. The first-order valence-electron chi connectivity index (χ1n) is 4.76. The molecule has 94 valence electrons. The number of nitrogens with zero attached hydrogens (tertiary/aromatic N) is 3. The number of aliphatic hydroxyl groups excluding tert-OH is 1. The first-order chi connectivity index (χ1) is 8.06. The van der Waals surface area contributed by atoms with Crippen LogP contribution in [0.2, 0.25) is 0 Å². The Balaban J connectivity index is 2.73. The predicted molar refractivity (Wildman–Crippen MR) is 59.6 cm³/mol. The van der Waals surface area contributed by atoms with Crippen molar-refractivity contribution in [3.63, 3.8) is 0 Å². The molecular weight excluding hydrogens is 228 g/mol. The Bertz CT molecular complexity index is 377. The van der Waals surface area contributed by atoms with Crippen molar-refractivity contribution in [3.05, 3.63) is 0 Å². The van der Waals surface area contributed by atoms with Crippen molar-refractivity contribution in [2.75, 3.05) is 31.3 Å². The highest BCUT2D eigenvalue weighted by Gasteiger charge is 2.12. The molecule has 0 aliphatic carbocycles. The monoisotopic (exact) mass is 242 g/mol. The summed E-state index contributed by atoms with van der Waals surface area (Å²) in [6, 6.07) is 0.111. The van der Waals surface area contributed by atoms with Crippen LogP contribution in [-0.2, 0) is 4.79 Å². The lowest BCUT2D eigenvalue weighted by Gasteiger charge is -2.09. The maximum atomic E-state index is 10.6. The smallest absolute Gasteiger partial charge is 0.322 e. The van der Waals surface area contributed by atoms with Gasteiger partial charge >= 0.3 is 6.01 Å². The quantitative estimate of drug-likeness (QED) is 0.458. The third-order valence-electron chi connectivity index (χ3n) is 1.80. The van der Waals surface area contributed by atoms with Crippen LogP contribution in [0.3, 0.4) is 0 Å². The summed E-state index contributed by atoms with van der Waals surface area (Å²) in [5.74, 6) is -0.359. The second kappa shape index (κ2) is 5.80. The zero-order valence-electron chi connectivity index (χ0n) is 9.47. The lowest BCUT2D eigenvalue weighted by molar-refractivity contribution is -0.125. The fourth-order valence-electron chi connectivity index (χ4n) is 0.927. The Morgan fingerprint density at radius 1 is 1.47 bits per heavy atom. The number of aromatic nitrogens is 3.